The van der Waals surface area contributed by atoms with Crippen LogP contribution in [0.15, 0.2) is 21.0 Å². The first-order valence-electron chi connectivity index (χ1n) is 4.54. The van der Waals surface area contributed by atoms with Crippen molar-refractivity contribution in [3.8, 4) is 0 Å². The van der Waals surface area contributed by atoms with Crippen LogP contribution in [0.25, 0.3) is 0 Å². The molecule has 0 bridgehead atoms. The highest BCUT2D eigenvalue weighted by Gasteiger charge is 2.11. The molecule has 2 aromatic rings. The first-order valence-corrected chi connectivity index (χ1v) is 6.09. The van der Waals surface area contributed by atoms with E-state index < -0.39 is 0 Å². The molecule has 17 heavy (non-hydrogen) atoms. The van der Waals surface area contributed by atoms with Crippen LogP contribution in [0, 0.1) is 0 Å². The Morgan fingerprint density at radius 3 is 2.47 bits per heavy atom. The molecule has 1 aromatic carbocycles. The van der Waals surface area contributed by atoms with Gasteiger partial charge in [0.2, 0.25) is 5.89 Å². The summed E-state index contributed by atoms with van der Waals surface area (Å²) in [6.07, 6.45) is 0. The highest BCUT2D eigenvalue weighted by atomic mass is 79.9. The van der Waals surface area contributed by atoms with Crippen LogP contribution in [0.1, 0.15) is 5.89 Å². The quantitative estimate of drug-likeness (QED) is 0.898. The van der Waals surface area contributed by atoms with Crippen LogP contribution in [0.4, 0.5) is 11.7 Å². The summed E-state index contributed by atoms with van der Waals surface area (Å²) < 4.78 is 5.97. The van der Waals surface area contributed by atoms with E-state index in [1.54, 1.807) is 12.1 Å². The number of hydrogen-bond donors (Lipinski definition) is 2. The molecule has 0 aliphatic carbocycles. The van der Waals surface area contributed by atoms with E-state index in [1.165, 1.54) is 0 Å². The van der Waals surface area contributed by atoms with Crippen LogP contribution < -0.4 is 11.1 Å². The molecule has 0 radical (unpaired) electrons. The Kier molecular flexibility index (Phi) is 3.88. The van der Waals surface area contributed by atoms with Gasteiger partial charge in [0.1, 0.15) is 0 Å². The number of nitrogens with two attached hydrogens (primary N) is 1. The third-order valence-electron chi connectivity index (χ3n) is 1.88. The zero-order valence-corrected chi connectivity index (χ0v) is 11.5. The molecule has 0 unspecified atom stereocenters. The summed E-state index contributed by atoms with van der Waals surface area (Å²) in [5, 5.41) is 11.2. The van der Waals surface area contributed by atoms with Gasteiger partial charge in [0.25, 0.3) is 0 Å². The van der Waals surface area contributed by atoms with Crippen LogP contribution in [0.5, 0.6) is 0 Å². The number of rotatable bonds is 3. The van der Waals surface area contributed by atoms with Crippen LogP contribution in [0.3, 0.4) is 0 Å². The monoisotopic (exact) mass is 336 g/mol. The van der Waals surface area contributed by atoms with Gasteiger partial charge in [0.15, 0.2) is 0 Å². The molecule has 5 nitrogen and oxygen atoms in total. The molecule has 2 rings (SSSR count). The smallest absolute Gasteiger partial charge is 0.320 e. The third-order valence-corrected chi connectivity index (χ3v) is 2.93. The van der Waals surface area contributed by atoms with Crippen molar-refractivity contribution in [2.45, 2.75) is 6.54 Å². The minimum absolute atomic E-state index is 0.177. The molecule has 0 atom stereocenters. The SMILES string of the molecule is NCc1nnc(Nc2c(Cl)cc(Br)cc2Cl)o1. The molecule has 0 fully saturated rings. The minimum atomic E-state index is 0.177. The number of hydrogen-bond acceptors (Lipinski definition) is 5. The summed E-state index contributed by atoms with van der Waals surface area (Å²) in [7, 11) is 0. The number of anilines is 2. The van der Waals surface area contributed by atoms with Crippen molar-refractivity contribution in [2.75, 3.05) is 5.32 Å². The van der Waals surface area contributed by atoms with E-state index in [0.29, 0.717) is 21.6 Å². The fraction of sp³-hybridized carbons (Fsp3) is 0.111. The van der Waals surface area contributed by atoms with Gasteiger partial charge in [-0.25, -0.2) is 0 Å². The Morgan fingerprint density at radius 1 is 1.29 bits per heavy atom. The largest absolute Gasteiger partial charge is 0.406 e. The molecule has 0 aliphatic rings. The highest BCUT2D eigenvalue weighted by molar-refractivity contribution is 9.10. The Hall–Kier alpha value is -0.820. The van der Waals surface area contributed by atoms with E-state index in [1.807, 2.05) is 0 Å². The Bertz CT molecular complexity index is 523. The van der Waals surface area contributed by atoms with E-state index in [0.717, 1.165) is 4.47 Å². The second-order valence-corrected chi connectivity index (χ2v) is 4.80. The van der Waals surface area contributed by atoms with Gasteiger partial charge in [-0.1, -0.05) is 44.2 Å². The average Bonchev–Trinajstić information content (AvgIpc) is 2.71. The van der Waals surface area contributed by atoms with E-state index in [2.05, 4.69) is 31.4 Å². The van der Waals surface area contributed by atoms with Crippen LogP contribution in [0.2, 0.25) is 10.0 Å². The first kappa shape index (κ1) is 12.6. The maximum atomic E-state index is 6.03. The van der Waals surface area contributed by atoms with Gasteiger partial charge in [0, 0.05) is 4.47 Å². The van der Waals surface area contributed by atoms with Gasteiger partial charge >= 0.3 is 6.01 Å². The molecule has 8 heteroatoms. The Labute approximate surface area is 115 Å². The van der Waals surface area contributed by atoms with Gasteiger partial charge < -0.3 is 15.5 Å². The van der Waals surface area contributed by atoms with Crippen molar-refractivity contribution in [2.24, 2.45) is 5.73 Å². The second-order valence-electron chi connectivity index (χ2n) is 3.07. The van der Waals surface area contributed by atoms with Crippen LogP contribution >= 0.6 is 39.1 Å². The molecular weight excluding hydrogens is 331 g/mol. The maximum Gasteiger partial charge on any atom is 0.320 e. The van der Waals surface area contributed by atoms with Crippen LogP contribution in [-0.4, -0.2) is 10.2 Å². The second kappa shape index (κ2) is 5.22. The molecule has 3 N–H and O–H groups in total. The van der Waals surface area contributed by atoms with Crippen molar-refractivity contribution < 1.29 is 4.42 Å². The predicted molar refractivity (Wildman–Crippen MR) is 69.6 cm³/mol. The van der Waals surface area contributed by atoms with Gasteiger partial charge in [0.05, 0.1) is 22.3 Å². The fourth-order valence-electron chi connectivity index (χ4n) is 1.16. The van der Waals surface area contributed by atoms with Crippen molar-refractivity contribution >= 4 is 50.8 Å². The Balaban J connectivity index is 2.29. The number of halogens is 3. The van der Waals surface area contributed by atoms with E-state index in [9.17, 15) is 0 Å². The molecule has 0 spiro atoms. The summed E-state index contributed by atoms with van der Waals surface area (Å²) in [6, 6.07) is 3.60. The zero-order chi connectivity index (χ0) is 12.4. The molecule has 0 saturated heterocycles. The lowest BCUT2D eigenvalue weighted by Crippen LogP contribution is -1.95. The summed E-state index contributed by atoms with van der Waals surface area (Å²) in [5.74, 6) is 0.330. The van der Waals surface area contributed by atoms with E-state index in [4.69, 9.17) is 33.4 Å². The highest BCUT2D eigenvalue weighted by Crippen LogP contribution is 2.35. The van der Waals surface area contributed by atoms with Gasteiger partial charge in [-0.15, -0.1) is 5.10 Å². The fourth-order valence-corrected chi connectivity index (χ4v) is 2.46. The maximum absolute atomic E-state index is 6.03. The topological polar surface area (TPSA) is 77.0 Å². The molecule has 1 heterocycles. The number of nitrogens with one attached hydrogen (secondary N) is 1. The molecule has 90 valence electrons. The van der Waals surface area contributed by atoms with Crippen LogP contribution in [-0.2, 0) is 6.54 Å². The summed E-state index contributed by atoms with van der Waals surface area (Å²) in [6.45, 7) is 0.177. The zero-order valence-electron chi connectivity index (χ0n) is 8.38. The third kappa shape index (κ3) is 2.90. The number of aromatic nitrogens is 2. The lowest BCUT2D eigenvalue weighted by Gasteiger charge is -2.07. The predicted octanol–water partition coefficient (Wildman–Crippen LogP) is 3.34. The molecule has 0 aliphatic heterocycles. The lowest BCUT2D eigenvalue weighted by molar-refractivity contribution is 0.511. The standard InChI is InChI=1S/C9H7BrCl2N4O/c10-4-1-5(11)8(6(12)2-4)14-9-16-15-7(3-13)17-9/h1-2H,3,13H2,(H,14,16). The van der Waals surface area contributed by atoms with Gasteiger partial charge in [-0.2, -0.15) is 0 Å². The van der Waals surface area contributed by atoms with Crippen molar-refractivity contribution in [3.63, 3.8) is 0 Å². The molecule has 0 saturated carbocycles. The van der Waals surface area contributed by atoms with Crippen molar-refractivity contribution in [3.05, 3.63) is 32.5 Å². The molecular formula is C9H7BrCl2N4O. The minimum Gasteiger partial charge on any atom is -0.406 e. The summed E-state index contributed by atoms with van der Waals surface area (Å²) >= 11 is 15.4. The van der Waals surface area contributed by atoms with Gasteiger partial charge in [-0.3, -0.25) is 0 Å². The van der Waals surface area contributed by atoms with E-state index in [-0.39, 0.29) is 12.6 Å². The van der Waals surface area contributed by atoms with E-state index >= 15 is 0 Å². The van der Waals surface area contributed by atoms with Crippen molar-refractivity contribution in [1.82, 2.24) is 10.2 Å². The van der Waals surface area contributed by atoms with Crippen molar-refractivity contribution in [1.29, 1.82) is 0 Å². The lowest BCUT2D eigenvalue weighted by atomic mass is 10.3. The first-order chi connectivity index (χ1) is 8.10. The number of nitrogens with zero attached hydrogens (tertiary/aromatic N) is 2. The molecule has 1 aromatic heterocycles. The normalized spacial score (nSPS) is 10.6. The molecule has 0 amide bonds. The average molecular weight is 338 g/mol. The number of benzene rings is 1. The van der Waals surface area contributed by atoms with Gasteiger partial charge in [-0.05, 0) is 12.1 Å². The summed E-state index contributed by atoms with van der Waals surface area (Å²) in [4.78, 5) is 0. The Morgan fingerprint density at radius 2 is 1.94 bits per heavy atom. The summed E-state index contributed by atoms with van der Waals surface area (Å²) in [5.41, 5.74) is 5.86.